The number of anilines is 2. The molecule has 0 amide bonds. The molecule has 9 nitrogen and oxygen atoms in total. The molecule has 2 aromatic heterocycles. The number of ether oxygens (including phenoxy) is 1. The van der Waals surface area contributed by atoms with E-state index in [1.807, 2.05) is 4.57 Å². The summed E-state index contributed by atoms with van der Waals surface area (Å²) in [4.78, 5) is 33.8. The topological polar surface area (TPSA) is 107 Å². The standard InChI is InChI=1S/C28H31FN6O3/c1-31-25-24-26(28(37)34(17-32-24)16-23(36)19-5-3-7-22(13-19)38-2)35(14-18-8-10-20(29)11-9-18)27(25)33-12-4-6-21(30)15-33/h3,5,7-11,13,17,21,31H,4,6,12,14-16,30H2,1-2H3/t21-/m0/s1. The lowest BCUT2D eigenvalue weighted by Crippen LogP contribution is -2.44. The van der Waals surface area contributed by atoms with Gasteiger partial charge in [-0.05, 0) is 42.7 Å². The highest BCUT2D eigenvalue weighted by molar-refractivity contribution is 5.98. The molecule has 10 heteroatoms. The van der Waals surface area contributed by atoms with E-state index in [1.165, 1.54) is 30.1 Å². The molecule has 3 N–H and O–H groups in total. The number of carbonyl (C=O) groups excluding carboxylic acids is 1. The molecule has 0 saturated carbocycles. The lowest BCUT2D eigenvalue weighted by Gasteiger charge is -2.34. The lowest BCUT2D eigenvalue weighted by molar-refractivity contribution is 0.0970. The van der Waals surface area contributed by atoms with E-state index in [1.54, 1.807) is 43.4 Å². The van der Waals surface area contributed by atoms with Gasteiger partial charge in [0.2, 0.25) is 0 Å². The Morgan fingerprint density at radius 2 is 2.03 bits per heavy atom. The second kappa shape index (κ2) is 10.7. The summed E-state index contributed by atoms with van der Waals surface area (Å²) < 4.78 is 22.1. The zero-order valence-corrected chi connectivity index (χ0v) is 21.5. The number of hydrogen-bond acceptors (Lipinski definition) is 7. The zero-order chi connectivity index (χ0) is 26.8. The number of carbonyl (C=O) groups is 1. The minimum atomic E-state index is -0.336. The number of aromatic nitrogens is 3. The number of benzene rings is 2. The van der Waals surface area contributed by atoms with E-state index < -0.39 is 0 Å². The number of fused-ring (bicyclic) bond motifs is 1. The molecule has 0 aliphatic carbocycles. The average Bonchev–Trinajstić information content (AvgIpc) is 3.25. The van der Waals surface area contributed by atoms with Crippen molar-refractivity contribution in [3.8, 4) is 5.75 Å². The van der Waals surface area contributed by atoms with Crippen LogP contribution in [0.15, 0.2) is 59.7 Å². The van der Waals surface area contributed by atoms with Crippen molar-refractivity contribution < 1.29 is 13.9 Å². The number of nitrogens with one attached hydrogen (secondary N) is 1. The normalized spacial score (nSPS) is 15.6. The van der Waals surface area contributed by atoms with Crippen molar-refractivity contribution in [3.63, 3.8) is 0 Å². The van der Waals surface area contributed by atoms with E-state index in [2.05, 4.69) is 15.2 Å². The maximum absolute atomic E-state index is 13.9. The van der Waals surface area contributed by atoms with Crippen molar-refractivity contribution in [1.29, 1.82) is 0 Å². The van der Waals surface area contributed by atoms with E-state index in [0.717, 1.165) is 36.5 Å². The number of methoxy groups -OCH3 is 1. The second-order valence-corrected chi connectivity index (χ2v) is 9.54. The molecule has 0 spiro atoms. The Balaban J connectivity index is 1.64. The van der Waals surface area contributed by atoms with Crippen molar-refractivity contribution in [2.75, 3.05) is 37.5 Å². The van der Waals surface area contributed by atoms with Gasteiger partial charge in [0.05, 0.1) is 20.0 Å². The summed E-state index contributed by atoms with van der Waals surface area (Å²) in [5, 5.41) is 3.24. The Morgan fingerprint density at radius 3 is 2.74 bits per heavy atom. The van der Waals surface area contributed by atoms with Crippen LogP contribution in [-0.2, 0) is 13.1 Å². The summed E-state index contributed by atoms with van der Waals surface area (Å²) in [6.07, 6.45) is 3.27. The van der Waals surface area contributed by atoms with E-state index in [9.17, 15) is 14.0 Å². The molecule has 1 aliphatic rings. The first-order valence-electron chi connectivity index (χ1n) is 12.6. The number of rotatable bonds is 8. The molecule has 3 heterocycles. The SMILES string of the molecule is CNc1c(N2CCC[C@H](N)C2)n(Cc2ccc(F)cc2)c2c(=O)n(CC(=O)c3cccc(OC)c3)cnc12. The average molecular weight is 519 g/mol. The van der Waals surface area contributed by atoms with Crippen LogP contribution in [0.5, 0.6) is 5.75 Å². The molecular weight excluding hydrogens is 487 g/mol. The number of nitrogens with zero attached hydrogens (tertiary/aromatic N) is 4. The Hall–Kier alpha value is -4.18. The number of piperidine rings is 1. The van der Waals surface area contributed by atoms with Crippen LogP contribution < -0.4 is 26.2 Å². The van der Waals surface area contributed by atoms with Crippen LogP contribution in [0, 0.1) is 5.82 Å². The maximum Gasteiger partial charge on any atom is 0.278 e. The predicted octanol–water partition coefficient (Wildman–Crippen LogP) is 3.25. The van der Waals surface area contributed by atoms with Crippen molar-refractivity contribution in [2.24, 2.45) is 5.73 Å². The molecule has 1 saturated heterocycles. The fourth-order valence-electron chi connectivity index (χ4n) is 5.09. The number of halogens is 1. The van der Waals surface area contributed by atoms with Crippen LogP contribution in [0.3, 0.4) is 0 Å². The van der Waals surface area contributed by atoms with Gasteiger partial charge in [-0.1, -0.05) is 24.3 Å². The quantitative estimate of drug-likeness (QED) is 0.345. The minimum absolute atomic E-state index is 0.0100. The molecule has 0 radical (unpaired) electrons. The zero-order valence-electron chi connectivity index (χ0n) is 21.5. The fourth-order valence-corrected chi connectivity index (χ4v) is 5.09. The molecule has 1 fully saturated rings. The smallest absolute Gasteiger partial charge is 0.278 e. The van der Waals surface area contributed by atoms with E-state index >= 15 is 0 Å². The lowest BCUT2D eigenvalue weighted by atomic mass is 10.1. The molecular formula is C28H31FN6O3. The second-order valence-electron chi connectivity index (χ2n) is 9.54. The molecule has 2 aromatic carbocycles. The first-order chi connectivity index (χ1) is 18.4. The molecule has 0 bridgehead atoms. The summed E-state index contributed by atoms with van der Waals surface area (Å²) in [6, 6.07) is 13.0. The molecule has 1 aliphatic heterocycles. The van der Waals surface area contributed by atoms with E-state index in [0.29, 0.717) is 35.4 Å². The predicted molar refractivity (Wildman–Crippen MR) is 146 cm³/mol. The van der Waals surface area contributed by atoms with Crippen molar-refractivity contribution in [1.82, 2.24) is 14.1 Å². The highest BCUT2D eigenvalue weighted by atomic mass is 19.1. The molecule has 198 valence electrons. The van der Waals surface area contributed by atoms with Gasteiger partial charge in [0.15, 0.2) is 5.78 Å². The molecule has 38 heavy (non-hydrogen) atoms. The summed E-state index contributed by atoms with van der Waals surface area (Å²) in [5.41, 5.74) is 8.85. The van der Waals surface area contributed by atoms with Gasteiger partial charge in [-0.15, -0.1) is 0 Å². The third kappa shape index (κ3) is 4.87. The third-order valence-electron chi connectivity index (χ3n) is 6.97. The number of hydrogen-bond donors (Lipinski definition) is 2. The third-order valence-corrected chi connectivity index (χ3v) is 6.97. The fraction of sp³-hybridized carbons (Fsp3) is 0.321. The van der Waals surface area contributed by atoms with E-state index in [4.69, 9.17) is 10.5 Å². The van der Waals surface area contributed by atoms with Gasteiger partial charge in [0, 0.05) is 38.3 Å². The Bertz CT molecular complexity index is 1530. The van der Waals surface area contributed by atoms with Crippen LogP contribution in [-0.4, -0.2) is 53.2 Å². The molecule has 4 aromatic rings. The van der Waals surface area contributed by atoms with Crippen molar-refractivity contribution in [2.45, 2.75) is 32.0 Å². The van der Waals surface area contributed by atoms with Crippen LogP contribution in [0.25, 0.3) is 11.0 Å². The summed E-state index contributed by atoms with van der Waals surface area (Å²) in [7, 11) is 3.33. The van der Waals surface area contributed by atoms with Crippen molar-refractivity contribution >= 4 is 28.3 Å². The summed E-state index contributed by atoms with van der Waals surface area (Å²) in [5.74, 6) is 0.806. The van der Waals surface area contributed by atoms with Gasteiger partial charge < -0.3 is 25.3 Å². The number of ketones is 1. The Kier molecular flexibility index (Phi) is 7.15. The first-order valence-corrected chi connectivity index (χ1v) is 12.6. The summed E-state index contributed by atoms with van der Waals surface area (Å²) in [6.45, 7) is 1.57. The molecule has 1 atom stereocenters. The van der Waals surface area contributed by atoms with Gasteiger partial charge in [-0.3, -0.25) is 14.2 Å². The molecule has 0 unspecified atom stereocenters. The Morgan fingerprint density at radius 1 is 1.24 bits per heavy atom. The van der Waals surface area contributed by atoms with Crippen LogP contribution in [0.1, 0.15) is 28.8 Å². The Labute approximate surface area is 219 Å². The minimum Gasteiger partial charge on any atom is -0.497 e. The van der Waals surface area contributed by atoms with Crippen LogP contribution in [0.2, 0.25) is 0 Å². The van der Waals surface area contributed by atoms with Crippen molar-refractivity contribution in [3.05, 3.63) is 82.2 Å². The van der Waals surface area contributed by atoms with Gasteiger partial charge in [-0.2, -0.15) is 0 Å². The highest BCUT2D eigenvalue weighted by Crippen LogP contribution is 2.37. The van der Waals surface area contributed by atoms with Crippen LogP contribution >= 0.6 is 0 Å². The number of Topliss-reactive ketones (excluding diaryl/α,β-unsaturated/α-hetero) is 1. The first kappa shape index (κ1) is 25.5. The van der Waals surface area contributed by atoms with Gasteiger partial charge in [0.25, 0.3) is 5.56 Å². The van der Waals surface area contributed by atoms with Gasteiger partial charge >= 0.3 is 0 Å². The monoisotopic (exact) mass is 518 g/mol. The van der Waals surface area contributed by atoms with Gasteiger partial charge in [0.1, 0.15) is 34.1 Å². The maximum atomic E-state index is 13.9. The largest absolute Gasteiger partial charge is 0.497 e. The highest BCUT2D eigenvalue weighted by Gasteiger charge is 2.28. The van der Waals surface area contributed by atoms with E-state index in [-0.39, 0.29) is 29.7 Å². The van der Waals surface area contributed by atoms with Gasteiger partial charge in [-0.25, -0.2) is 9.37 Å². The number of nitrogens with two attached hydrogens (primary N) is 1. The van der Waals surface area contributed by atoms with Crippen LogP contribution in [0.4, 0.5) is 15.9 Å². The summed E-state index contributed by atoms with van der Waals surface area (Å²) >= 11 is 0. The molecule has 5 rings (SSSR count).